The van der Waals surface area contributed by atoms with Crippen molar-refractivity contribution in [3.63, 3.8) is 0 Å². The lowest BCUT2D eigenvalue weighted by molar-refractivity contribution is 0.413. The van der Waals surface area contributed by atoms with Crippen molar-refractivity contribution in [2.75, 3.05) is 25.6 Å². The fourth-order valence-electron chi connectivity index (χ4n) is 1.81. The zero-order chi connectivity index (χ0) is 15.9. The molecule has 0 spiro atoms. The van der Waals surface area contributed by atoms with Crippen molar-refractivity contribution in [2.45, 2.75) is 37.9 Å². The molecule has 7 heteroatoms. The quantitative estimate of drug-likeness (QED) is 0.701. The Kier molecular flexibility index (Phi) is 7.65. The van der Waals surface area contributed by atoms with Crippen molar-refractivity contribution in [1.82, 2.24) is 14.6 Å². The van der Waals surface area contributed by atoms with Gasteiger partial charge in [0.05, 0.1) is 0 Å². The lowest BCUT2D eigenvalue weighted by Gasteiger charge is -2.23. The third-order valence-electron chi connectivity index (χ3n) is 3.23. The first-order chi connectivity index (χ1) is 9.93. The second kappa shape index (κ2) is 8.73. The number of nitrogens with one attached hydrogen (secondary N) is 1. The number of nitrogens with zero attached hydrogens (tertiary/aromatic N) is 2. The summed E-state index contributed by atoms with van der Waals surface area (Å²) in [6, 6.07) is 3.34. The van der Waals surface area contributed by atoms with Crippen LogP contribution in [0.5, 0.6) is 0 Å². The third kappa shape index (κ3) is 5.25. The van der Waals surface area contributed by atoms with E-state index in [-0.39, 0.29) is 11.1 Å². The molecule has 1 aromatic rings. The Morgan fingerprint density at radius 3 is 2.67 bits per heavy atom. The van der Waals surface area contributed by atoms with E-state index in [1.54, 1.807) is 31.1 Å². The molecule has 0 aliphatic heterocycles. The van der Waals surface area contributed by atoms with Crippen LogP contribution in [-0.4, -0.2) is 49.3 Å². The van der Waals surface area contributed by atoms with E-state index >= 15 is 0 Å². The van der Waals surface area contributed by atoms with Crippen LogP contribution >= 0.6 is 11.8 Å². The van der Waals surface area contributed by atoms with Gasteiger partial charge in [-0.2, -0.15) is 16.1 Å². The van der Waals surface area contributed by atoms with Crippen LogP contribution in [0.25, 0.3) is 0 Å². The first-order valence-corrected chi connectivity index (χ1v) is 9.89. The van der Waals surface area contributed by atoms with E-state index in [4.69, 9.17) is 0 Å². The Hall–Kier alpha value is -0.630. The summed E-state index contributed by atoms with van der Waals surface area (Å²) in [5, 5.41) is 3.37. The molecule has 0 saturated carbocycles. The number of aromatic nitrogens is 1. The van der Waals surface area contributed by atoms with Gasteiger partial charge in [-0.3, -0.25) is 0 Å². The van der Waals surface area contributed by atoms with E-state index in [9.17, 15) is 8.42 Å². The summed E-state index contributed by atoms with van der Waals surface area (Å²) in [5.74, 6) is 0.759. The Bertz CT molecular complexity index is 518. The van der Waals surface area contributed by atoms with E-state index in [1.807, 2.05) is 19.2 Å². The second-order valence-electron chi connectivity index (χ2n) is 5.01. The van der Waals surface area contributed by atoms with Gasteiger partial charge in [-0.05, 0) is 37.8 Å². The first kappa shape index (κ1) is 18.4. The lowest BCUT2D eigenvalue weighted by atomic mass is 10.3. The molecule has 1 unspecified atom stereocenters. The van der Waals surface area contributed by atoms with Crippen LogP contribution < -0.4 is 5.32 Å². The minimum atomic E-state index is -3.51. The molecular formula is C14H25N3O2S2. The normalized spacial score (nSPS) is 13.6. The molecule has 0 fully saturated rings. The maximum Gasteiger partial charge on any atom is 0.260 e. The van der Waals surface area contributed by atoms with Gasteiger partial charge in [-0.1, -0.05) is 13.0 Å². The van der Waals surface area contributed by atoms with Crippen LogP contribution in [-0.2, 0) is 16.6 Å². The standard InChI is InChI=1S/C14H25N3O2S2/c1-5-8-15-9-13-6-7-14(16-10-13)21(18,19)17(3)12(2)11-20-4/h6-7,10,12,15H,5,8-9,11H2,1-4H3. The van der Waals surface area contributed by atoms with Crippen molar-refractivity contribution >= 4 is 21.8 Å². The van der Waals surface area contributed by atoms with Crippen molar-refractivity contribution in [3.05, 3.63) is 23.9 Å². The van der Waals surface area contributed by atoms with E-state index in [1.165, 1.54) is 4.31 Å². The Morgan fingerprint density at radius 1 is 1.43 bits per heavy atom. The van der Waals surface area contributed by atoms with Gasteiger partial charge < -0.3 is 5.32 Å². The first-order valence-electron chi connectivity index (χ1n) is 7.06. The number of rotatable bonds is 9. The van der Waals surface area contributed by atoms with E-state index in [2.05, 4.69) is 17.2 Å². The summed E-state index contributed by atoms with van der Waals surface area (Å²) in [6.45, 7) is 5.65. The third-order valence-corrected chi connectivity index (χ3v) is 5.93. The molecule has 0 bridgehead atoms. The molecule has 1 aromatic heterocycles. The van der Waals surface area contributed by atoms with Gasteiger partial charge in [-0.15, -0.1) is 0 Å². The Labute approximate surface area is 132 Å². The van der Waals surface area contributed by atoms with Crippen molar-refractivity contribution < 1.29 is 8.42 Å². The highest BCUT2D eigenvalue weighted by atomic mass is 32.2. The predicted molar refractivity (Wildman–Crippen MR) is 89.0 cm³/mol. The fourth-order valence-corrected chi connectivity index (χ4v) is 3.88. The van der Waals surface area contributed by atoms with Gasteiger partial charge >= 0.3 is 0 Å². The second-order valence-corrected chi connectivity index (χ2v) is 7.86. The summed E-state index contributed by atoms with van der Waals surface area (Å²) in [7, 11) is -1.91. The highest BCUT2D eigenvalue weighted by Crippen LogP contribution is 2.16. The van der Waals surface area contributed by atoms with Crippen LogP contribution in [0.3, 0.4) is 0 Å². The van der Waals surface area contributed by atoms with Gasteiger partial charge in [0.15, 0.2) is 5.03 Å². The minimum Gasteiger partial charge on any atom is -0.313 e. The van der Waals surface area contributed by atoms with Crippen molar-refractivity contribution in [1.29, 1.82) is 0 Å². The van der Waals surface area contributed by atoms with Crippen molar-refractivity contribution in [2.24, 2.45) is 0 Å². The molecular weight excluding hydrogens is 306 g/mol. The molecule has 0 aliphatic rings. The Balaban J connectivity index is 2.79. The van der Waals surface area contributed by atoms with Crippen LogP contribution in [0.1, 0.15) is 25.8 Å². The van der Waals surface area contributed by atoms with Crippen molar-refractivity contribution in [3.8, 4) is 0 Å². The summed E-state index contributed by atoms with van der Waals surface area (Å²) in [4.78, 5) is 4.12. The highest BCUT2D eigenvalue weighted by Gasteiger charge is 2.26. The SMILES string of the molecule is CCCNCc1ccc(S(=O)(=O)N(C)C(C)CSC)nc1. The van der Waals surface area contributed by atoms with Gasteiger partial charge in [0.25, 0.3) is 10.0 Å². The molecule has 0 aliphatic carbocycles. The summed E-state index contributed by atoms with van der Waals surface area (Å²) in [6.07, 6.45) is 4.66. The number of pyridine rings is 1. The maximum absolute atomic E-state index is 12.5. The van der Waals surface area contributed by atoms with E-state index < -0.39 is 10.0 Å². The fraction of sp³-hybridized carbons (Fsp3) is 0.643. The van der Waals surface area contributed by atoms with Crippen LogP contribution in [0.2, 0.25) is 0 Å². The highest BCUT2D eigenvalue weighted by molar-refractivity contribution is 7.98. The van der Waals surface area contributed by atoms with Crippen LogP contribution in [0.4, 0.5) is 0 Å². The van der Waals surface area contributed by atoms with Gasteiger partial charge in [0.2, 0.25) is 0 Å². The average molecular weight is 332 g/mol. The van der Waals surface area contributed by atoms with Gasteiger partial charge in [0.1, 0.15) is 0 Å². The molecule has 1 rings (SSSR count). The largest absolute Gasteiger partial charge is 0.313 e. The number of sulfonamides is 1. The number of hydrogen-bond donors (Lipinski definition) is 1. The molecule has 0 radical (unpaired) electrons. The van der Waals surface area contributed by atoms with Gasteiger partial charge in [-0.25, -0.2) is 13.4 Å². The lowest BCUT2D eigenvalue weighted by Crippen LogP contribution is -2.37. The maximum atomic E-state index is 12.5. The van der Waals surface area contributed by atoms with E-state index in [0.29, 0.717) is 6.54 Å². The monoisotopic (exact) mass is 331 g/mol. The molecule has 1 atom stereocenters. The van der Waals surface area contributed by atoms with Gasteiger partial charge in [0, 0.05) is 31.6 Å². The minimum absolute atomic E-state index is 0.0577. The summed E-state index contributed by atoms with van der Waals surface area (Å²) in [5.41, 5.74) is 0.988. The average Bonchev–Trinajstić information content (AvgIpc) is 2.47. The molecule has 1 N–H and O–H groups in total. The Morgan fingerprint density at radius 2 is 2.14 bits per heavy atom. The van der Waals surface area contributed by atoms with Crippen LogP contribution in [0.15, 0.2) is 23.4 Å². The molecule has 5 nitrogen and oxygen atoms in total. The molecule has 0 amide bonds. The molecule has 0 saturated heterocycles. The zero-order valence-corrected chi connectivity index (χ0v) is 14.8. The molecule has 0 aromatic carbocycles. The summed E-state index contributed by atoms with van der Waals surface area (Å²) < 4.78 is 26.3. The predicted octanol–water partition coefficient (Wildman–Crippen LogP) is 1.95. The van der Waals surface area contributed by atoms with Crippen LogP contribution in [0, 0.1) is 0 Å². The molecule has 120 valence electrons. The molecule has 21 heavy (non-hydrogen) atoms. The molecule has 1 heterocycles. The van der Waals surface area contributed by atoms with E-state index in [0.717, 1.165) is 24.3 Å². The summed E-state index contributed by atoms with van der Waals surface area (Å²) >= 11 is 1.63. The number of hydrogen-bond acceptors (Lipinski definition) is 5. The smallest absolute Gasteiger partial charge is 0.260 e. The zero-order valence-electron chi connectivity index (χ0n) is 13.2. The number of thioether (sulfide) groups is 1. The topological polar surface area (TPSA) is 62.3 Å².